The Hall–Kier alpha value is -4.33. The average molecular weight is 613 g/mol. The van der Waals surface area contributed by atoms with Crippen molar-refractivity contribution in [1.82, 2.24) is 4.90 Å². The minimum absolute atomic E-state index is 0.0235. The lowest BCUT2D eigenvalue weighted by Gasteiger charge is -2.41. The lowest BCUT2D eigenvalue weighted by Crippen LogP contribution is -2.49. The summed E-state index contributed by atoms with van der Waals surface area (Å²) in [6.45, 7) is 12.4. The number of piperazine rings is 1. The maximum atomic E-state index is 13.9. The summed E-state index contributed by atoms with van der Waals surface area (Å²) in [5.41, 5.74) is 6.01. The van der Waals surface area contributed by atoms with Gasteiger partial charge in [-0.2, -0.15) is 5.26 Å². The van der Waals surface area contributed by atoms with Gasteiger partial charge in [-0.15, -0.1) is 6.58 Å². The third-order valence-corrected chi connectivity index (χ3v) is 9.72. The van der Waals surface area contributed by atoms with E-state index in [9.17, 15) is 18.5 Å². The first kappa shape index (κ1) is 31.1. The number of primary sulfonamides is 1. The predicted molar refractivity (Wildman–Crippen MR) is 176 cm³/mol. The fourth-order valence-electron chi connectivity index (χ4n) is 6.51. The van der Waals surface area contributed by atoms with Crippen LogP contribution in [0.5, 0.6) is 0 Å². The van der Waals surface area contributed by atoms with Gasteiger partial charge in [-0.3, -0.25) is 4.79 Å². The van der Waals surface area contributed by atoms with Crippen molar-refractivity contribution in [3.05, 3.63) is 95.6 Å². The first-order valence-corrected chi connectivity index (χ1v) is 16.6. The molecule has 2 heterocycles. The van der Waals surface area contributed by atoms with E-state index in [1.807, 2.05) is 53.1 Å². The smallest absolute Gasteiger partial charge is 0.254 e. The maximum Gasteiger partial charge on any atom is 0.254 e. The molecule has 3 aromatic rings. The number of hydrogen-bond acceptors (Lipinski definition) is 7. The number of sulfonamides is 1. The molecule has 5 rings (SSSR count). The molecule has 0 atom stereocenters. The van der Waals surface area contributed by atoms with Crippen molar-refractivity contribution in [3.63, 3.8) is 0 Å². The zero-order valence-corrected chi connectivity index (χ0v) is 26.3. The Morgan fingerprint density at radius 3 is 2.20 bits per heavy atom. The van der Waals surface area contributed by atoms with Crippen LogP contribution in [0.3, 0.4) is 0 Å². The van der Waals surface area contributed by atoms with Gasteiger partial charge in [0.1, 0.15) is 11.0 Å². The second kappa shape index (κ2) is 13.1. The molecule has 2 aliphatic rings. The summed E-state index contributed by atoms with van der Waals surface area (Å²) in [6, 6.07) is 21.2. The normalized spacial score (nSPS) is 16.0. The Kier molecular flexibility index (Phi) is 9.28. The number of nitrogens with zero attached hydrogens (tertiary/aromatic N) is 5. The number of piperidine rings is 1. The van der Waals surface area contributed by atoms with Gasteiger partial charge in [0.2, 0.25) is 10.0 Å². The van der Waals surface area contributed by atoms with Gasteiger partial charge >= 0.3 is 0 Å². The first-order valence-electron chi connectivity index (χ1n) is 15.0. The molecule has 9 nitrogen and oxygen atoms in total. The van der Waals surface area contributed by atoms with Gasteiger partial charge in [0.15, 0.2) is 0 Å². The second-order valence-electron chi connectivity index (χ2n) is 11.5. The van der Waals surface area contributed by atoms with E-state index < -0.39 is 10.0 Å². The lowest BCUT2D eigenvalue weighted by atomic mass is 9.97. The van der Waals surface area contributed by atoms with Crippen molar-refractivity contribution in [3.8, 4) is 6.07 Å². The van der Waals surface area contributed by atoms with Crippen LogP contribution in [0.15, 0.2) is 78.2 Å². The number of aryl methyl sites for hydroxylation is 2. The van der Waals surface area contributed by atoms with Gasteiger partial charge in [-0.05, 0) is 68.1 Å². The molecule has 0 unspecified atom stereocenters. The van der Waals surface area contributed by atoms with Gasteiger partial charge in [0.05, 0.1) is 16.9 Å². The number of carbonyl (C=O) groups is 1. The third kappa shape index (κ3) is 6.44. The van der Waals surface area contributed by atoms with Crippen LogP contribution in [0.4, 0.5) is 17.1 Å². The van der Waals surface area contributed by atoms with Gasteiger partial charge in [-0.1, -0.05) is 36.4 Å². The largest absolute Gasteiger partial charge is 0.370 e. The molecule has 0 radical (unpaired) electrons. The van der Waals surface area contributed by atoms with Crippen LogP contribution < -0.4 is 19.8 Å². The van der Waals surface area contributed by atoms with Crippen LogP contribution in [0.25, 0.3) is 0 Å². The van der Waals surface area contributed by atoms with Crippen LogP contribution in [0.1, 0.15) is 39.9 Å². The van der Waals surface area contributed by atoms with Crippen molar-refractivity contribution in [2.24, 2.45) is 5.14 Å². The number of carbonyl (C=O) groups excluding carboxylic acids is 1. The van der Waals surface area contributed by atoms with Gasteiger partial charge < -0.3 is 19.6 Å². The molecule has 2 N–H and O–H groups in total. The minimum Gasteiger partial charge on any atom is -0.370 e. The van der Waals surface area contributed by atoms with Crippen molar-refractivity contribution in [2.45, 2.75) is 37.6 Å². The third-order valence-electron chi connectivity index (χ3n) is 8.76. The van der Waals surface area contributed by atoms with E-state index in [1.165, 1.54) is 6.07 Å². The number of nitrogens with two attached hydrogens (primary N) is 1. The van der Waals surface area contributed by atoms with E-state index in [0.717, 1.165) is 48.4 Å². The van der Waals surface area contributed by atoms with E-state index in [2.05, 4.69) is 35.4 Å². The molecule has 0 aliphatic carbocycles. The summed E-state index contributed by atoms with van der Waals surface area (Å²) in [6.07, 6.45) is 3.76. The highest BCUT2D eigenvalue weighted by atomic mass is 32.2. The maximum absolute atomic E-state index is 13.9. The Morgan fingerprint density at radius 1 is 0.955 bits per heavy atom. The number of amides is 1. The van der Waals surface area contributed by atoms with Crippen LogP contribution in [0.2, 0.25) is 0 Å². The molecule has 0 aromatic heterocycles. The Bertz CT molecular complexity index is 1680. The van der Waals surface area contributed by atoms with E-state index in [-0.39, 0.29) is 16.8 Å². The predicted octanol–water partition coefficient (Wildman–Crippen LogP) is 4.45. The van der Waals surface area contributed by atoms with E-state index in [4.69, 9.17) is 5.14 Å². The molecule has 2 aliphatic heterocycles. The molecule has 2 saturated heterocycles. The molecular weight excluding hydrogens is 572 g/mol. The highest BCUT2D eigenvalue weighted by Crippen LogP contribution is 2.32. The summed E-state index contributed by atoms with van der Waals surface area (Å²) < 4.78 is 24.3. The Morgan fingerprint density at radius 2 is 1.57 bits per heavy atom. The van der Waals surface area contributed by atoms with E-state index >= 15 is 0 Å². The molecule has 1 amide bonds. The minimum atomic E-state index is -3.86. The van der Waals surface area contributed by atoms with Crippen molar-refractivity contribution >= 4 is 33.0 Å². The SMILES string of the molecule is C=CCN(c1cc(C(=O)N2CCN(c3ccccc3S(N)(=O)=O)CC2)c(C)cc1C)C1CCN(c2ccccc2C#N)CC1. The number of para-hydroxylation sites is 2. The number of benzene rings is 3. The van der Waals surface area contributed by atoms with Gasteiger partial charge in [0.25, 0.3) is 5.91 Å². The molecule has 2 fully saturated rings. The van der Waals surface area contributed by atoms with E-state index in [1.54, 1.807) is 18.2 Å². The lowest BCUT2D eigenvalue weighted by molar-refractivity contribution is 0.0746. The Labute approximate surface area is 260 Å². The molecule has 10 heteroatoms. The molecular formula is C34H40N6O3S. The summed E-state index contributed by atoms with van der Waals surface area (Å²) >= 11 is 0. The molecule has 3 aromatic carbocycles. The van der Waals surface area contributed by atoms with Crippen molar-refractivity contribution in [1.29, 1.82) is 5.26 Å². The standard InChI is InChI=1S/C34H40N6O3S/c1-4-15-40(28-13-16-37(17-14-28)30-10-6-5-9-27(30)24-35)32-23-29(25(2)22-26(32)3)34(41)39-20-18-38(19-21-39)31-11-7-8-12-33(31)44(36,42)43/h4-12,22-23,28H,1,13-21H2,2-3H3,(H2,36,42,43). The van der Waals surface area contributed by atoms with Crippen LogP contribution in [0, 0.1) is 25.2 Å². The fourth-order valence-corrected chi connectivity index (χ4v) is 7.26. The summed E-state index contributed by atoms with van der Waals surface area (Å²) in [5, 5.41) is 15.0. The van der Waals surface area contributed by atoms with Crippen molar-refractivity contribution in [2.75, 3.05) is 60.5 Å². The topological polar surface area (TPSA) is 114 Å². The van der Waals surface area contributed by atoms with Gasteiger partial charge in [-0.25, -0.2) is 13.6 Å². The highest BCUT2D eigenvalue weighted by Gasteiger charge is 2.29. The number of hydrogen-bond donors (Lipinski definition) is 1. The van der Waals surface area contributed by atoms with Crippen LogP contribution in [-0.4, -0.2) is 71.1 Å². The average Bonchev–Trinajstić information content (AvgIpc) is 3.03. The zero-order valence-electron chi connectivity index (χ0n) is 25.4. The summed E-state index contributed by atoms with van der Waals surface area (Å²) in [7, 11) is -3.86. The molecule has 0 spiro atoms. The van der Waals surface area contributed by atoms with Crippen LogP contribution >= 0.6 is 0 Å². The summed E-state index contributed by atoms with van der Waals surface area (Å²) in [5.74, 6) is -0.0235. The quantitative estimate of drug-likeness (QED) is 0.374. The fraction of sp³-hybridized carbons (Fsp3) is 0.353. The Balaban J connectivity index is 1.32. The number of anilines is 3. The van der Waals surface area contributed by atoms with E-state index in [0.29, 0.717) is 49.5 Å². The molecule has 44 heavy (non-hydrogen) atoms. The number of rotatable bonds is 8. The second-order valence-corrected chi connectivity index (χ2v) is 13.1. The zero-order chi connectivity index (χ0) is 31.4. The molecule has 230 valence electrons. The molecule has 0 saturated carbocycles. The highest BCUT2D eigenvalue weighted by molar-refractivity contribution is 7.89. The molecule has 0 bridgehead atoms. The van der Waals surface area contributed by atoms with Crippen LogP contribution in [-0.2, 0) is 10.0 Å². The van der Waals surface area contributed by atoms with Crippen molar-refractivity contribution < 1.29 is 13.2 Å². The number of nitriles is 1. The first-order chi connectivity index (χ1) is 21.1. The van der Waals surface area contributed by atoms with Gasteiger partial charge in [0, 0.05) is 63.1 Å². The monoisotopic (exact) mass is 612 g/mol. The summed E-state index contributed by atoms with van der Waals surface area (Å²) in [4.78, 5) is 22.5.